The normalized spacial score (nSPS) is 14.1. The van der Waals surface area contributed by atoms with Crippen LogP contribution in [0.5, 0.6) is 11.5 Å². The maximum atomic E-state index is 14.8. The molecule has 1 fully saturated rings. The number of ether oxygens (including phenoxy) is 3. The number of hydrogen-bond acceptors (Lipinski definition) is 5. The van der Waals surface area contributed by atoms with Gasteiger partial charge >= 0.3 is 12.3 Å². The summed E-state index contributed by atoms with van der Waals surface area (Å²) in [6.45, 7) is 0.668. The fourth-order valence-corrected chi connectivity index (χ4v) is 5.07. The van der Waals surface area contributed by atoms with Crippen molar-refractivity contribution in [3.8, 4) is 28.4 Å². The third-order valence-corrected chi connectivity index (χ3v) is 7.22. The smallest absolute Gasteiger partial charge is 0.420 e. The van der Waals surface area contributed by atoms with E-state index in [2.05, 4.69) is 5.10 Å². The molecule has 214 valence electrons. The molecule has 0 N–H and O–H groups in total. The standard InChI is InChI=1S/C31H30F3N3O4/c1-39-25-12-8-23(9-13-25)29-27(31(32,33)34)28(35-37(29)24-10-14-26(40-2)15-11-24)22-16-18-36(19-17-22)30(38)41-20-21-6-4-3-5-7-21/h3-15,22H,16-20H2,1-2H3. The van der Waals surface area contributed by atoms with E-state index < -0.39 is 23.8 Å². The quantitative estimate of drug-likeness (QED) is 0.239. The number of rotatable bonds is 7. The Morgan fingerprint density at radius 2 is 1.46 bits per heavy atom. The first kappa shape index (κ1) is 28.1. The van der Waals surface area contributed by atoms with Crippen LogP contribution < -0.4 is 9.47 Å². The van der Waals surface area contributed by atoms with E-state index in [1.165, 1.54) is 23.8 Å². The lowest BCUT2D eigenvalue weighted by molar-refractivity contribution is -0.138. The summed E-state index contributed by atoms with van der Waals surface area (Å²) in [6.07, 6.45) is -4.50. The molecule has 0 radical (unpaired) electrons. The minimum absolute atomic E-state index is 0.0311. The van der Waals surface area contributed by atoms with E-state index in [-0.39, 0.29) is 31.1 Å². The van der Waals surface area contributed by atoms with Gasteiger partial charge in [0.1, 0.15) is 23.7 Å². The van der Waals surface area contributed by atoms with Gasteiger partial charge in [-0.2, -0.15) is 18.3 Å². The Bertz CT molecular complexity index is 1460. The van der Waals surface area contributed by atoms with Crippen LogP contribution in [0, 0.1) is 0 Å². The third kappa shape index (κ3) is 6.16. The van der Waals surface area contributed by atoms with Crippen molar-refractivity contribution in [2.24, 2.45) is 0 Å². The summed E-state index contributed by atoms with van der Waals surface area (Å²) in [5.41, 5.74) is 0.829. The van der Waals surface area contributed by atoms with Crippen molar-refractivity contribution in [1.29, 1.82) is 0 Å². The molecule has 0 atom stereocenters. The minimum atomic E-state index is -4.67. The second-order valence-corrected chi connectivity index (χ2v) is 9.75. The predicted molar refractivity (Wildman–Crippen MR) is 147 cm³/mol. The summed E-state index contributed by atoms with van der Waals surface area (Å²) in [6, 6.07) is 22.5. The number of carbonyl (C=O) groups excluding carboxylic acids is 1. The van der Waals surface area contributed by atoms with Crippen LogP contribution in [-0.4, -0.2) is 48.1 Å². The number of hydrogen-bond donors (Lipinski definition) is 0. The number of amides is 1. The van der Waals surface area contributed by atoms with Crippen LogP contribution >= 0.6 is 0 Å². The molecular formula is C31H30F3N3O4. The fraction of sp³-hybridized carbons (Fsp3) is 0.290. The lowest BCUT2D eigenvalue weighted by atomic mass is 9.89. The second-order valence-electron chi connectivity index (χ2n) is 9.75. The Morgan fingerprint density at radius 3 is 2.02 bits per heavy atom. The summed E-state index contributed by atoms with van der Waals surface area (Å²) < 4.78 is 61.7. The lowest BCUT2D eigenvalue weighted by Gasteiger charge is -2.31. The molecule has 5 rings (SSSR count). The first-order valence-corrected chi connectivity index (χ1v) is 13.2. The molecule has 1 aliphatic rings. The van der Waals surface area contributed by atoms with E-state index >= 15 is 0 Å². The third-order valence-electron chi connectivity index (χ3n) is 7.22. The highest BCUT2D eigenvalue weighted by atomic mass is 19.4. The van der Waals surface area contributed by atoms with Crippen molar-refractivity contribution in [2.75, 3.05) is 27.3 Å². The van der Waals surface area contributed by atoms with E-state index in [0.717, 1.165) is 5.56 Å². The number of alkyl halides is 3. The highest BCUT2D eigenvalue weighted by Crippen LogP contribution is 2.45. The monoisotopic (exact) mass is 565 g/mol. The number of carbonyl (C=O) groups is 1. The number of halogens is 3. The molecule has 4 aromatic rings. The van der Waals surface area contributed by atoms with Crippen LogP contribution in [0.15, 0.2) is 78.9 Å². The van der Waals surface area contributed by atoms with Gasteiger partial charge in [-0.25, -0.2) is 9.48 Å². The molecule has 0 saturated carbocycles. The maximum Gasteiger partial charge on any atom is 0.420 e. The predicted octanol–water partition coefficient (Wildman–Crippen LogP) is 7.09. The zero-order valence-corrected chi connectivity index (χ0v) is 22.7. The number of nitrogens with zero attached hydrogens (tertiary/aromatic N) is 3. The van der Waals surface area contributed by atoms with E-state index in [1.807, 2.05) is 30.3 Å². The van der Waals surface area contributed by atoms with Crippen molar-refractivity contribution < 1.29 is 32.2 Å². The highest BCUT2D eigenvalue weighted by Gasteiger charge is 2.43. The molecule has 1 aromatic heterocycles. The zero-order chi connectivity index (χ0) is 29.0. The van der Waals surface area contributed by atoms with Gasteiger partial charge in [-0.15, -0.1) is 0 Å². The molecule has 0 bridgehead atoms. The average Bonchev–Trinajstić information content (AvgIpc) is 3.42. The first-order chi connectivity index (χ1) is 19.8. The van der Waals surface area contributed by atoms with Crippen LogP contribution in [0.3, 0.4) is 0 Å². The van der Waals surface area contributed by atoms with Crippen LogP contribution in [0.4, 0.5) is 18.0 Å². The molecule has 7 nitrogen and oxygen atoms in total. The van der Waals surface area contributed by atoms with Crippen molar-refractivity contribution in [2.45, 2.75) is 31.5 Å². The molecule has 0 unspecified atom stereocenters. The summed E-state index contributed by atoms with van der Waals surface area (Å²) in [5.74, 6) is 0.612. The average molecular weight is 566 g/mol. The van der Waals surface area contributed by atoms with Crippen LogP contribution in [0.25, 0.3) is 16.9 Å². The van der Waals surface area contributed by atoms with Crippen LogP contribution in [0.1, 0.15) is 35.6 Å². The Morgan fingerprint density at radius 1 is 0.878 bits per heavy atom. The maximum absolute atomic E-state index is 14.8. The van der Waals surface area contributed by atoms with Crippen LogP contribution in [0.2, 0.25) is 0 Å². The summed E-state index contributed by atoms with van der Waals surface area (Å²) in [4.78, 5) is 14.2. The van der Waals surface area contributed by atoms with E-state index in [0.29, 0.717) is 35.6 Å². The lowest BCUT2D eigenvalue weighted by Crippen LogP contribution is -2.38. The summed E-state index contributed by atoms with van der Waals surface area (Å²) in [7, 11) is 3.02. The number of likely N-dealkylation sites (tertiary alicyclic amines) is 1. The molecule has 10 heteroatoms. The summed E-state index contributed by atoms with van der Waals surface area (Å²) in [5, 5.41) is 4.58. The van der Waals surface area contributed by atoms with Gasteiger partial charge in [-0.1, -0.05) is 30.3 Å². The highest BCUT2D eigenvalue weighted by molar-refractivity contribution is 5.70. The molecule has 1 saturated heterocycles. The number of piperidine rings is 1. The SMILES string of the molecule is COc1ccc(-c2c(C(F)(F)F)c(C3CCN(C(=O)OCc4ccccc4)CC3)nn2-c2ccc(OC)cc2)cc1. The largest absolute Gasteiger partial charge is 0.497 e. The second kappa shape index (κ2) is 12.0. The topological polar surface area (TPSA) is 65.8 Å². The van der Waals surface area contributed by atoms with Gasteiger partial charge in [0, 0.05) is 24.6 Å². The Kier molecular flexibility index (Phi) is 8.19. The van der Waals surface area contributed by atoms with Crippen molar-refractivity contribution in [3.63, 3.8) is 0 Å². The van der Waals surface area contributed by atoms with Gasteiger partial charge in [0.25, 0.3) is 0 Å². The van der Waals surface area contributed by atoms with Gasteiger partial charge in [0.2, 0.25) is 0 Å². The number of methoxy groups -OCH3 is 2. The fourth-order valence-electron chi connectivity index (χ4n) is 5.07. The van der Waals surface area contributed by atoms with E-state index in [9.17, 15) is 18.0 Å². The molecule has 3 aromatic carbocycles. The van der Waals surface area contributed by atoms with Crippen molar-refractivity contribution in [1.82, 2.24) is 14.7 Å². The molecule has 1 amide bonds. The van der Waals surface area contributed by atoms with Crippen molar-refractivity contribution >= 4 is 6.09 Å². The van der Waals surface area contributed by atoms with Gasteiger partial charge in [0.15, 0.2) is 0 Å². The van der Waals surface area contributed by atoms with Gasteiger partial charge in [0.05, 0.1) is 31.3 Å². The number of aromatic nitrogens is 2. The first-order valence-electron chi connectivity index (χ1n) is 13.2. The van der Waals surface area contributed by atoms with E-state index in [4.69, 9.17) is 14.2 Å². The Labute approximate surface area is 236 Å². The van der Waals surface area contributed by atoms with Gasteiger partial charge in [-0.05, 0) is 66.9 Å². The molecular weight excluding hydrogens is 535 g/mol. The molecule has 41 heavy (non-hydrogen) atoms. The van der Waals surface area contributed by atoms with E-state index in [1.54, 1.807) is 48.5 Å². The zero-order valence-electron chi connectivity index (χ0n) is 22.7. The molecule has 0 spiro atoms. The number of benzene rings is 3. The minimum Gasteiger partial charge on any atom is -0.497 e. The summed E-state index contributed by atoms with van der Waals surface area (Å²) >= 11 is 0. The molecule has 0 aliphatic carbocycles. The van der Waals surface area contributed by atoms with Crippen molar-refractivity contribution in [3.05, 3.63) is 95.7 Å². The Balaban J connectivity index is 1.46. The van der Waals surface area contributed by atoms with Gasteiger partial charge < -0.3 is 19.1 Å². The molecule has 2 heterocycles. The van der Waals surface area contributed by atoms with Crippen LogP contribution in [-0.2, 0) is 17.5 Å². The van der Waals surface area contributed by atoms with Gasteiger partial charge in [-0.3, -0.25) is 0 Å². The molecule has 1 aliphatic heterocycles. The Hall–Kier alpha value is -4.47.